The molecule has 2 atom stereocenters. The molecule has 2 aromatic carbocycles. The molecule has 11 heteroatoms. The van der Waals surface area contributed by atoms with E-state index in [1.54, 1.807) is 30.2 Å². The van der Waals surface area contributed by atoms with Crippen molar-refractivity contribution in [1.82, 2.24) is 10.2 Å². The number of halogens is 2. The van der Waals surface area contributed by atoms with Gasteiger partial charge in [0, 0.05) is 30.6 Å². The number of carbonyl (C=O) groups excluding carboxylic acids is 2. The Morgan fingerprint density at radius 3 is 2.26 bits per heavy atom. The highest BCUT2D eigenvalue weighted by atomic mass is 35.5. The van der Waals surface area contributed by atoms with Gasteiger partial charge in [-0.15, -0.1) is 0 Å². The quantitative estimate of drug-likeness (QED) is 0.326. The summed E-state index contributed by atoms with van der Waals surface area (Å²) in [6.07, 6.45) is 2.53. The van der Waals surface area contributed by atoms with Gasteiger partial charge in [-0.05, 0) is 62.1 Å². The van der Waals surface area contributed by atoms with Crippen LogP contribution in [0.25, 0.3) is 0 Å². The maximum Gasteiger partial charge on any atom is 0.243 e. The van der Waals surface area contributed by atoms with Crippen LogP contribution in [0.4, 0.5) is 5.69 Å². The largest absolute Gasteiger partial charge is 0.497 e. The van der Waals surface area contributed by atoms with Crippen LogP contribution < -0.4 is 14.4 Å². The summed E-state index contributed by atoms with van der Waals surface area (Å²) in [5, 5.41) is 3.56. The second-order valence-electron chi connectivity index (χ2n) is 9.15. The maximum atomic E-state index is 13.5. The van der Waals surface area contributed by atoms with Crippen LogP contribution in [-0.2, 0) is 26.2 Å². The van der Waals surface area contributed by atoms with Gasteiger partial charge in [-0.1, -0.05) is 49.2 Å². The third-order valence-corrected chi connectivity index (χ3v) is 7.96. The van der Waals surface area contributed by atoms with Crippen LogP contribution in [0.1, 0.15) is 52.0 Å². The Balaban J connectivity index is 2.26. The first-order chi connectivity index (χ1) is 17.9. The zero-order valence-electron chi connectivity index (χ0n) is 22.5. The molecular weight excluding hydrogens is 549 g/mol. The number of ether oxygens (including phenoxy) is 1. The summed E-state index contributed by atoms with van der Waals surface area (Å²) >= 11 is 12.3. The molecule has 0 aliphatic heterocycles. The molecule has 0 heterocycles. The molecule has 0 saturated heterocycles. The Kier molecular flexibility index (Phi) is 12.2. The van der Waals surface area contributed by atoms with E-state index in [1.165, 1.54) is 12.1 Å². The molecule has 0 bridgehead atoms. The lowest BCUT2D eigenvalue weighted by Crippen LogP contribution is -2.50. The molecule has 2 aromatic rings. The van der Waals surface area contributed by atoms with Crippen molar-refractivity contribution in [2.24, 2.45) is 0 Å². The number of hydrogen-bond acceptors (Lipinski definition) is 5. The fourth-order valence-corrected chi connectivity index (χ4v) is 5.35. The van der Waals surface area contributed by atoms with Gasteiger partial charge in [-0.25, -0.2) is 8.42 Å². The van der Waals surface area contributed by atoms with Crippen molar-refractivity contribution in [2.45, 2.75) is 65.1 Å². The van der Waals surface area contributed by atoms with Crippen LogP contribution in [0.15, 0.2) is 42.5 Å². The number of methoxy groups -OCH3 is 1. The number of nitrogens with one attached hydrogen (secondary N) is 1. The topological polar surface area (TPSA) is 96.0 Å². The van der Waals surface area contributed by atoms with E-state index in [4.69, 9.17) is 27.9 Å². The van der Waals surface area contributed by atoms with E-state index in [1.807, 2.05) is 32.9 Å². The number of nitrogens with zero attached hydrogens (tertiary/aromatic N) is 2. The molecule has 0 unspecified atom stereocenters. The Labute approximate surface area is 236 Å². The van der Waals surface area contributed by atoms with Crippen LogP contribution >= 0.6 is 23.2 Å². The summed E-state index contributed by atoms with van der Waals surface area (Å²) in [7, 11) is -2.12. The summed E-state index contributed by atoms with van der Waals surface area (Å²) in [5.74, 6) is 0.221. The van der Waals surface area contributed by atoms with Crippen LogP contribution in [0.5, 0.6) is 5.75 Å². The van der Waals surface area contributed by atoms with Gasteiger partial charge in [-0.3, -0.25) is 13.9 Å². The number of carbonyl (C=O) groups is 2. The lowest BCUT2D eigenvalue weighted by atomic mass is 10.1. The summed E-state index contributed by atoms with van der Waals surface area (Å²) in [4.78, 5) is 28.2. The van der Waals surface area contributed by atoms with Gasteiger partial charge in [-0.2, -0.15) is 0 Å². The minimum atomic E-state index is -3.69. The van der Waals surface area contributed by atoms with Crippen molar-refractivity contribution in [2.75, 3.05) is 24.2 Å². The fraction of sp³-hybridized carbons (Fsp3) is 0.481. The van der Waals surface area contributed by atoms with E-state index >= 15 is 0 Å². The normalized spacial score (nSPS) is 12.9. The van der Waals surface area contributed by atoms with Gasteiger partial charge >= 0.3 is 0 Å². The van der Waals surface area contributed by atoms with E-state index in [9.17, 15) is 18.0 Å². The molecule has 1 N–H and O–H groups in total. The molecule has 2 amide bonds. The van der Waals surface area contributed by atoms with Crippen molar-refractivity contribution in [3.63, 3.8) is 0 Å². The maximum absolute atomic E-state index is 13.5. The van der Waals surface area contributed by atoms with E-state index in [2.05, 4.69) is 5.32 Å². The van der Waals surface area contributed by atoms with Gasteiger partial charge in [0.2, 0.25) is 21.8 Å². The lowest BCUT2D eigenvalue weighted by molar-refractivity contribution is -0.141. The molecule has 0 aromatic heterocycles. The Morgan fingerprint density at radius 1 is 1.05 bits per heavy atom. The van der Waals surface area contributed by atoms with Gasteiger partial charge < -0.3 is 15.0 Å². The Hall–Kier alpha value is -2.49. The molecule has 38 heavy (non-hydrogen) atoms. The van der Waals surface area contributed by atoms with E-state index < -0.39 is 16.1 Å². The van der Waals surface area contributed by atoms with Gasteiger partial charge in [0.1, 0.15) is 11.8 Å². The van der Waals surface area contributed by atoms with E-state index in [0.29, 0.717) is 17.2 Å². The Morgan fingerprint density at radius 2 is 1.71 bits per heavy atom. The van der Waals surface area contributed by atoms with Crippen LogP contribution in [-0.4, -0.2) is 57.1 Å². The number of sulfonamides is 1. The molecular formula is C27H37Cl2N3O5S. The fourth-order valence-electron chi connectivity index (χ4n) is 3.95. The SMILES string of the molecule is CC[C@@H](C)NC(=O)[C@@H](CC)N(Cc1ccc(OC)cc1)C(=O)CCCN(c1cc(Cl)ccc1Cl)S(C)(=O)=O. The lowest BCUT2D eigenvalue weighted by Gasteiger charge is -2.32. The zero-order chi connectivity index (χ0) is 28.5. The van der Waals surface area contributed by atoms with Gasteiger partial charge in [0.05, 0.1) is 24.1 Å². The second-order valence-corrected chi connectivity index (χ2v) is 11.9. The molecule has 8 nitrogen and oxygen atoms in total. The minimum absolute atomic E-state index is 0.0247. The highest BCUT2D eigenvalue weighted by molar-refractivity contribution is 7.92. The smallest absolute Gasteiger partial charge is 0.243 e. The average Bonchev–Trinajstić information content (AvgIpc) is 2.87. The number of rotatable bonds is 14. The van der Waals surface area contributed by atoms with E-state index in [-0.39, 0.29) is 54.5 Å². The van der Waals surface area contributed by atoms with Crippen molar-refractivity contribution in [3.05, 3.63) is 58.1 Å². The molecule has 0 fully saturated rings. The number of benzene rings is 2. The molecule has 210 valence electrons. The third kappa shape index (κ3) is 9.06. The highest BCUT2D eigenvalue weighted by Gasteiger charge is 2.29. The van der Waals surface area contributed by atoms with Crippen LogP contribution in [0.2, 0.25) is 10.0 Å². The summed E-state index contributed by atoms with van der Waals surface area (Å²) in [6, 6.07) is 11.2. The number of anilines is 1. The molecule has 2 rings (SSSR count). The first-order valence-electron chi connectivity index (χ1n) is 12.6. The van der Waals surface area contributed by atoms with Gasteiger partial charge in [0.15, 0.2) is 0 Å². The van der Waals surface area contributed by atoms with Crippen molar-refractivity contribution < 1.29 is 22.7 Å². The summed E-state index contributed by atoms with van der Waals surface area (Å²) < 4.78 is 31.5. The highest BCUT2D eigenvalue weighted by Crippen LogP contribution is 2.31. The number of hydrogen-bond donors (Lipinski definition) is 1. The van der Waals surface area contributed by atoms with Gasteiger partial charge in [0.25, 0.3) is 0 Å². The summed E-state index contributed by atoms with van der Waals surface area (Å²) in [5.41, 5.74) is 1.10. The van der Waals surface area contributed by atoms with Crippen molar-refractivity contribution >= 4 is 50.7 Å². The molecule has 0 spiro atoms. The predicted octanol–water partition coefficient (Wildman–Crippen LogP) is 5.27. The van der Waals surface area contributed by atoms with Crippen molar-refractivity contribution in [1.29, 1.82) is 0 Å². The predicted molar refractivity (Wildman–Crippen MR) is 153 cm³/mol. The van der Waals surface area contributed by atoms with Crippen LogP contribution in [0.3, 0.4) is 0 Å². The first kappa shape index (κ1) is 31.7. The minimum Gasteiger partial charge on any atom is -0.497 e. The van der Waals surface area contributed by atoms with Crippen LogP contribution in [0, 0.1) is 0 Å². The summed E-state index contributed by atoms with van der Waals surface area (Å²) in [6.45, 7) is 6.01. The van der Waals surface area contributed by atoms with Crippen molar-refractivity contribution in [3.8, 4) is 5.75 Å². The molecule has 0 aliphatic carbocycles. The second kappa shape index (κ2) is 14.6. The molecule has 0 saturated carbocycles. The molecule has 0 radical (unpaired) electrons. The van der Waals surface area contributed by atoms with E-state index in [0.717, 1.165) is 22.5 Å². The Bertz CT molecular complexity index is 1190. The molecule has 0 aliphatic rings. The standard InChI is InChI=1S/C27H37Cl2N3O5S/c1-6-19(3)30-27(34)24(7-2)31(18-20-10-13-22(37-4)14-11-20)26(33)9-8-16-32(38(5,35)36)25-17-21(28)12-15-23(25)29/h10-15,17,19,24H,6-9,16,18H2,1-5H3,(H,30,34)/t19-,24-/m1/s1. The third-order valence-electron chi connectivity index (χ3n) is 6.23. The monoisotopic (exact) mass is 585 g/mol. The number of amides is 2. The zero-order valence-corrected chi connectivity index (χ0v) is 24.9. The average molecular weight is 587 g/mol. The first-order valence-corrected chi connectivity index (χ1v) is 15.2.